The number of rotatable bonds is 0. The molecule has 1 heterocycles. The minimum atomic E-state index is -0.167. The molecule has 0 atom stereocenters. The highest BCUT2D eigenvalue weighted by atomic mass is 19.1. The van der Waals surface area contributed by atoms with Gasteiger partial charge in [-0.3, -0.25) is 0 Å². The van der Waals surface area contributed by atoms with Crippen molar-refractivity contribution in [3.63, 3.8) is 0 Å². The summed E-state index contributed by atoms with van der Waals surface area (Å²) in [6.07, 6.45) is 3.04. The molecule has 0 spiro atoms. The van der Waals surface area contributed by atoms with Crippen LogP contribution in [0.3, 0.4) is 0 Å². The molecular weight excluding hydrogens is 265 g/mol. The molecule has 0 aliphatic rings. The average molecular weight is 277 g/mol. The smallest absolute Gasteiger partial charge is 0.188 e. The lowest BCUT2D eigenvalue weighted by atomic mass is 9.97. The van der Waals surface area contributed by atoms with Crippen LogP contribution in [0.1, 0.15) is 5.56 Å². The highest BCUT2D eigenvalue weighted by Crippen LogP contribution is 2.32. The molecule has 4 aromatic rings. The third-order valence-corrected chi connectivity index (χ3v) is 4.06. The molecule has 102 valence electrons. The minimum absolute atomic E-state index is 0.167. The molecule has 2 nitrogen and oxygen atoms in total. The zero-order valence-corrected chi connectivity index (χ0v) is 11.4. The van der Waals surface area contributed by atoms with Crippen LogP contribution >= 0.6 is 0 Å². The number of nitrogens with zero attached hydrogens (tertiary/aromatic N) is 1. The van der Waals surface area contributed by atoms with E-state index >= 15 is 0 Å². The highest BCUT2D eigenvalue weighted by Gasteiger charge is 2.10. The molecule has 1 aromatic heterocycles. The van der Waals surface area contributed by atoms with Gasteiger partial charge < -0.3 is 5.21 Å². The summed E-state index contributed by atoms with van der Waals surface area (Å²) >= 11 is 0. The second-order valence-electron chi connectivity index (χ2n) is 5.33. The van der Waals surface area contributed by atoms with Crippen LogP contribution < -0.4 is 4.73 Å². The Morgan fingerprint density at radius 3 is 2.29 bits per heavy atom. The molecule has 0 aliphatic heterocycles. The standard InChI is InChI=1S/C18H12FNO/c1-11-2-4-16-15-5-3-12-10-20(21)9-8-13(12)14(15)6-7-17(16)18(11)19/h2-10H,1H3. The van der Waals surface area contributed by atoms with E-state index in [1.165, 1.54) is 6.20 Å². The molecule has 0 N–H and O–H groups in total. The van der Waals surface area contributed by atoms with Crippen molar-refractivity contribution in [2.24, 2.45) is 0 Å². The lowest BCUT2D eigenvalue weighted by Gasteiger charge is -2.09. The summed E-state index contributed by atoms with van der Waals surface area (Å²) in [7, 11) is 0. The number of fused-ring (bicyclic) bond motifs is 5. The topological polar surface area (TPSA) is 26.9 Å². The maximum Gasteiger partial charge on any atom is 0.188 e. The van der Waals surface area contributed by atoms with Crippen molar-refractivity contribution in [1.29, 1.82) is 0 Å². The molecule has 0 bridgehead atoms. The molecule has 3 aromatic carbocycles. The van der Waals surface area contributed by atoms with Crippen molar-refractivity contribution in [2.45, 2.75) is 6.92 Å². The van der Waals surface area contributed by atoms with Crippen molar-refractivity contribution < 1.29 is 9.12 Å². The second-order valence-corrected chi connectivity index (χ2v) is 5.33. The van der Waals surface area contributed by atoms with Crippen molar-refractivity contribution in [1.82, 2.24) is 0 Å². The first-order chi connectivity index (χ1) is 10.1. The Morgan fingerprint density at radius 1 is 0.810 bits per heavy atom. The van der Waals surface area contributed by atoms with E-state index < -0.39 is 0 Å². The molecule has 0 amide bonds. The first-order valence-corrected chi connectivity index (χ1v) is 6.78. The van der Waals surface area contributed by atoms with Gasteiger partial charge in [-0.15, -0.1) is 0 Å². The van der Waals surface area contributed by atoms with E-state index in [1.54, 1.807) is 25.3 Å². The summed E-state index contributed by atoms with van der Waals surface area (Å²) in [4.78, 5) is 0. The van der Waals surface area contributed by atoms with E-state index in [9.17, 15) is 9.60 Å². The molecule has 3 heteroatoms. The molecular formula is C18H12FNO. The van der Waals surface area contributed by atoms with Gasteiger partial charge in [0.05, 0.1) is 0 Å². The Labute approximate surface area is 120 Å². The second kappa shape index (κ2) is 4.16. The number of pyridine rings is 1. The van der Waals surface area contributed by atoms with Gasteiger partial charge in [0.15, 0.2) is 12.4 Å². The quantitative estimate of drug-likeness (QED) is 0.268. The lowest BCUT2D eigenvalue weighted by molar-refractivity contribution is -0.603. The molecule has 0 saturated carbocycles. The monoisotopic (exact) mass is 277 g/mol. The first-order valence-electron chi connectivity index (χ1n) is 6.78. The molecule has 0 aliphatic carbocycles. The average Bonchev–Trinajstić information content (AvgIpc) is 2.49. The van der Waals surface area contributed by atoms with Gasteiger partial charge in [-0.2, -0.15) is 4.73 Å². The van der Waals surface area contributed by atoms with Crippen molar-refractivity contribution in [3.8, 4) is 0 Å². The normalized spacial score (nSPS) is 11.5. The van der Waals surface area contributed by atoms with Crippen LogP contribution in [-0.4, -0.2) is 0 Å². The van der Waals surface area contributed by atoms with E-state index in [1.807, 2.05) is 30.3 Å². The minimum Gasteiger partial charge on any atom is -0.619 e. The molecule has 21 heavy (non-hydrogen) atoms. The van der Waals surface area contributed by atoms with Gasteiger partial charge in [0.25, 0.3) is 0 Å². The first kappa shape index (κ1) is 12.1. The van der Waals surface area contributed by atoms with Crippen LogP contribution in [0.25, 0.3) is 32.3 Å². The maximum atomic E-state index is 14.2. The van der Waals surface area contributed by atoms with Crippen molar-refractivity contribution in [3.05, 3.63) is 71.4 Å². The van der Waals surface area contributed by atoms with Crippen LogP contribution in [0, 0.1) is 17.9 Å². The number of aromatic nitrogens is 1. The van der Waals surface area contributed by atoms with Gasteiger partial charge >= 0.3 is 0 Å². The summed E-state index contributed by atoms with van der Waals surface area (Å²) in [5, 5.41) is 16.8. The van der Waals surface area contributed by atoms with E-state index in [4.69, 9.17) is 0 Å². The van der Waals surface area contributed by atoms with Crippen LogP contribution in [0.4, 0.5) is 4.39 Å². The summed E-state index contributed by atoms with van der Waals surface area (Å²) in [5.74, 6) is -0.167. The maximum absolute atomic E-state index is 14.2. The Bertz CT molecular complexity index is 1020. The SMILES string of the molecule is Cc1ccc2c(ccc3c4cc[n+]([O-])cc4ccc23)c1F. The van der Waals surface area contributed by atoms with E-state index in [0.717, 1.165) is 31.7 Å². The zero-order chi connectivity index (χ0) is 14.6. The van der Waals surface area contributed by atoms with Crippen molar-refractivity contribution in [2.75, 3.05) is 0 Å². The van der Waals surface area contributed by atoms with Gasteiger partial charge in [-0.25, -0.2) is 4.39 Å². The number of hydrogen-bond donors (Lipinski definition) is 0. The number of hydrogen-bond acceptors (Lipinski definition) is 1. The largest absolute Gasteiger partial charge is 0.619 e. The van der Waals surface area contributed by atoms with E-state index in [0.29, 0.717) is 10.9 Å². The predicted octanol–water partition coefficient (Wildman–Crippen LogP) is 4.23. The Balaban J connectivity index is 2.22. The summed E-state index contributed by atoms with van der Waals surface area (Å²) in [6.45, 7) is 1.77. The van der Waals surface area contributed by atoms with Gasteiger partial charge in [0.2, 0.25) is 0 Å². The van der Waals surface area contributed by atoms with Gasteiger partial charge in [-0.05, 0) is 34.7 Å². The molecule has 0 saturated heterocycles. The molecule has 0 unspecified atom stereocenters. The van der Waals surface area contributed by atoms with Gasteiger partial charge in [0.1, 0.15) is 5.82 Å². The summed E-state index contributed by atoms with van der Waals surface area (Å²) < 4.78 is 15.0. The Morgan fingerprint density at radius 2 is 1.43 bits per heavy atom. The number of benzene rings is 3. The lowest BCUT2D eigenvalue weighted by Crippen LogP contribution is -2.23. The van der Waals surface area contributed by atoms with E-state index in [2.05, 4.69) is 0 Å². The van der Waals surface area contributed by atoms with E-state index in [-0.39, 0.29) is 5.82 Å². The summed E-state index contributed by atoms with van der Waals surface area (Å²) in [5.41, 5.74) is 0.648. The van der Waals surface area contributed by atoms with Crippen LogP contribution in [-0.2, 0) is 0 Å². The summed E-state index contributed by atoms with van der Waals surface area (Å²) in [6, 6.07) is 13.2. The highest BCUT2D eigenvalue weighted by molar-refractivity contribution is 6.17. The van der Waals surface area contributed by atoms with Crippen molar-refractivity contribution >= 4 is 32.3 Å². The molecule has 4 rings (SSSR count). The Kier molecular flexibility index (Phi) is 2.39. The fourth-order valence-corrected chi connectivity index (χ4v) is 2.96. The van der Waals surface area contributed by atoms with Crippen LogP contribution in [0.5, 0.6) is 0 Å². The fraction of sp³-hybridized carbons (Fsp3) is 0.0556. The molecule has 0 radical (unpaired) electrons. The third kappa shape index (κ3) is 1.67. The van der Waals surface area contributed by atoms with Gasteiger partial charge in [0, 0.05) is 22.2 Å². The van der Waals surface area contributed by atoms with Gasteiger partial charge in [-0.1, -0.05) is 30.3 Å². The number of halogens is 1. The van der Waals surface area contributed by atoms with Crippen LogP contribution in [0.2, 0.25) is 0 Å². The number of aryl methyl sites for hydroxylation is 1. The fourth-order valence-electron chi connectivity index (χ4n) is 2.96. The third-order valence-electron chi connectivity index (χ3n) is 4.06. The predicted molar refractivity (Wildman–Crippen MR) is 82.6 cm³/mol. The Hall–Kier alpha value is -2.68. The van der Waals surface area contributed by atoms with Crippen LogP contribution in [0.15, 0.2) is 54.9 Å². The molecule has 0 fully saturated rings. The zero-order valence-electron chi connectivity index (χ0n) is 11.4.